The highest BCUT2D eigenvalue weighted by atomic mass is 32.2. The maximum Gasteiger partial charge on any atom is 0.276 e. The van der Waals surface area contributed by atoms with Crippen molar-refractivity contribution in [1.82, 2.24) is 10.2 Å². The molecule has 1 aliphatic carbocycles. The Morgan fingerprint density at radius 1 is 1.24 bits per heavy atom. The van der Waals surface area contributed by atoms with E-state index in [1.165, 1.54) is 17.8 Å². The van der Waals surface area contributed by atoms with E-state index >= 15 is 0 Å². The van der Waals surface area contributed by atoms with Crippen LogP contribution in [0.4, 0.5) is 5.69 Å². The topological polar surface area (TPSA) is 118 Å². The van der Waals surface area contributed by atoms with E-state index in [1.807, 2.05) is 6.07 Å². The second-order valence-electron chi connectivity index (χ2n) is 5.34. The number of amides is 1. The van der Waals surface area contributed by atoms with E-state index < -0.39 is 5.91 Å². The van der Waals surface area contributed by atoms with Gasteiger partial charge in [0.2, 0.25) is 11.6 Å². The van der Waals surface area contributed by atoms with Crippen LogP contribution in [0.3, 0.4) is 0 Å². The molecule has 3 rings (SSSR count). The van der Waals surface area contributed by atoms with Crippen LogP contribution in [0.5, 0.6) is 0 Å². The largest absolute Gasteiger partial charge is 0.330 e. The van der Waals surface area contributed by atoms with E-state index in [1.54, 1.807) is 24.3 Å². The van der Waals surface area contributed by atoms with Crippen LogP contribution in [0, 0.1) is 0 Å². The number of aromatic amines is 1. The number of nitrogens with one attached hydrogen (secondary N) is 2. The van der Waals surface area contributed by atoms with E-state index in [0.29, 0.717) is 22.9 Å². The molecule has 1 aliphatic rings. The van der Waals surface area contributed by atoms with Gasteiger partial charge in [0.15, 0.2) is 5.69 Å². The van der Waals surface area contributed by atoms with E-state index in [-0.39, 0.29) is 28.5 Å². The lowest BCUT2D eigenvalue weighted by atomic mass is 9.99. The fourth-order valence-corrected chi connectivity index (χ4v) is 3.32. The van der Waals surface area contributed by atoms with Gasteiger partial charge >= 0.3 is 0 Å². The summed E-state index contributed by atoms with van der Waals surface area (Å²) in [6.45, 7) is 0.504. The molecule has 0 radical (unpaired) electrons. The van der Waals surface area contributed by atoms with E-state index in [9.17, 15) is 14.4 Å². The molecular weight excluding hydrogens is 340 g/mol. The molecule has 0 atom stereocenters. The van der Waals surface area contributed by atoms with Crippen molar-refractivity contribution in [3.63, 3.8) is 0 Å². The van der Waals surface area contributed by atoms with Crippen LogP contribution in [0.25, 0.3) is 0 Å². The van der Waals surface area contributed by atoms with E-state index in [4.69, 9.17) is 5.73 Å². The maximum atomic E-state index is 12.7. The molecule has 0 saturated carbocycles. The number of carbonyl (C=O) groups is 3. The predicted molar refractivity (Wildman–Crippen MR) is 95.9 cm³/mol. The van der Waals surface area contributed by atoms with Gasteiger partial charge in [-0.25, -0.2) is 0 Å². The van der Waals surface area contributed by atoms with Crippen LogP contribution in [0.15, 0.2) is 41.3 Å². The van der Waals surface area contributed by atoms with Gasteiger partial charge in [-0.3, -0.25) is 19.5 Å². The molecule has 0 unspecified atom stereocenters. The summed E-state index contributed by atoms with van der Waals surface area (Å²) in [5, 5.41) is 9.06. The number of ketones is 2. The number of benzene rings is 1. The Morgan fingerprint density at radius 2 is 2.00 bits per heavy atom. The molecule has 128 valence electrons. The molecule has 0 saturated heterocycles. The van der Waals surface area contributed by atoms with Crippen LogP contribution < -0.4 is 11.1 Å². The minimum atomic E-state index is -0.543. The van der Waals surface area contributed by atoms with Gasteiger partial charge in [0, 0.05) is 11.8 Å². The average molecular weight is 356 g/mol. The minimum absolute atomic E-state index is 0.0242. The van der Waals surface area contributed by atoms with Crippen molar-refractivity contribution in [3.05, 3.63) is 58.3 Å². The summed E-state index contributed by atoms with van der Waals surface area (Å²) in [6.07, 6.45) is 2.01. The zero-order chi connectivity index (χ0) is 17.8. The monoisotopic (exact) mass is 356 g/mol. The lowest BCUT2D eigenvalue weighted by molar-refractivity contribution is 0.0979. The number of H-pyrrole nitrogens is 1. The van der Waals surface area contributed by atoms with Crippen LogP contribution >= 0.6 is 11.8 Å². The predicted octanol–water partition coefficient (Wildman–Crippen LogP) is 2.01. The number of para-hydroxylation sites is 1. The molecule has 0 fully saturated rings. The zero-order valence-corrected chi connectivity index (χ0v) is 14.1. The molecule has 0 spiro atoms. The van der Waals surface area contributed by atoms with Crippen molar-refractivity contribution in [3.8, 4) is 0 Å². The average Bonchev–Trinajstić information content (AvgIpc) is 3.06. The normalized spacial score (nSPS) is 13.4. The Bertz CT molecular complexity index is 858. The molecule has 0 bridgehead atoms. The molecule has 2 aromatic rings. The number of rotatable bonds is 6. The summed E-state index contributed by atoms with van der Waals surface area (Å²) >= 11 is 1.26. The Balaban J connectivity index is 1.86. The molecule has 1 amide bonds. The lowest BCUT2D eigenvalue weighted by Gasteiger charge is -2.12. The number of nitrogens with zero attached hydrogens (tertiary/aromatic N) is 1. The van der Waals surface area contributed by atoms with Crippen LogP contribution in [-0.2, 0) is 0 Å². The highest BCUT2D eigenvalue weighted by Gasteiger charge is 2.33. The number of Topliss-reactive ketones (excluding diaryl/α,β-unsaturated/α-hetero) is 1. The van der Waals surface area contributed by atoms with E-state index in [2.05, 4.69) is 15.5 Å². The number of anilines is 1. The number of hydrogen-bond acceptors (Lipinski definition) is 6. The molecule has 25 heavy (non-hydrogen) atoms. The second-order valence-corrected chi connectivity index (χ2v) is 6.47. The van der Waals surface area contributed by atoms with E-state index in [0.717, 1.165) is 6.42 Å². The lowest BCUT2D eigenvalue weighted by Crippen LogP contribution is -2.20. The third-order valence-corrected chi connectivity index (χ3v) is 4.69. The fourth-order valence-electron chi connectivity index (χ4n) is 2.37. The smallest absolute Gasteiger partial charge is 0.276 e. The minimum Gasteiger partial charge on any atom is -0.330 e. The Hall–Kier alpha value is -2.71. The number of aromatic nitrogens is 2. The Kier molecular flexibility index (Phi) is 5.11. The van der Waals surface area contributed by atoms with Crippen LogP contribution in [0.1, 0.15) is 37.8 Å². The first kappa shape index (κ1) is 17.1. The van der Waals surface area contributed by atoms with Crippen molar-refractivity contribution in [2.24, 2.45) is 5.73 Å². The van der Waals surface area contributed by atoms with Crippen molar-refractivity contribution in [2.75, 3.05) is 17.6 Å². The van der Waals surface area contributed by atoms with Gasteiger partial charge < -0.3 is 11.1 Å². The maximum absolute atomic E-state index is 12.7. The summed E-state index contributed by atoms with van der Waals surface area (Å²) < 4.78 is 0. The van der Waals surface area contributed by atoms with Crippen molar-refractivity contribution in [2.45, 2.75) is 6.42 Å². The van der Waals surface area contributed by atoms with Gasteiger partial charge in [-0.2, -0.15) is 5.10 Å². The SMILES string of the molecule is NCCCSC1=CC(=O)c2[nH]nc(C(=O)Nc3ccccc3)c2C1=O. The molecule has 8 heteroatoms. The number of carbonyl (C=O) groups excluding carboxylic acids is 3. The third-order valence-electron chi connectivity index (χ3n) is 3.58. The summed E-state index contributed by atoms with van der Waals surface area (Å²) in [7, 11) is 0. The first-order valence-electron chi connectivity index (χ1n) is 7.70. The quantitative estimate of drug-likeness (QED) is 0.682. The molecule has 7 nitrogen and oxygen atoms in total. The number of nitrogens with two attached hydrogens (primary N) is 1. The van der Waals surface area contributed by atoms with Crippen molar-refractivity contribution in [1.29, 1.82) is 0 Å². The Labute approximate surface area is 148 Å². The Morgan fingerprint density at radius 3 is 2.72 bits per heavy atom. The van der Waals surface area contributed by atoms with Crippen LogP contribution in [-0.4, -0.2) is 40.0 Å². The molecule has 1 heterocycles. The highest BCUT2D eigenvalue weighted by molar-refractivity contribution is 8.04. The number of thioether (sulfide) groups is 1. The molecular formula is C17H16N4O3S. The molecule has 0 aliphatic heterocycles. The van der Waals surface area contributed by atoms with Gasteiger partial charge in [-0.05, 0) is 30.9 Å². The number of hydrogen-bond donors (Lipinski definition) is 3. The van der Waals surface area contributed by atoms with Gasteiger partial charge in [-0.15, -0.1) is 11.8 Å². The zero-order valence-electron chi connectivity index (χ0n) is 13.2. The summed E-state index contributed by atoms with van der Waals surface area (Å²) in [6, 6.07) is 8.82. The molecule has 4 N–H and O–H groups in total. The van der Waals surface area contributed by atoms with Gasteiger partial charge in [0.05, 0.1) is 10.5 Å². The molecule has 1 aromatic heterocycles. The summed E-state index contributed by atoms with van der Waals surface area (Å²) in [5.41, 5.74) is 6.02. The summed E-state index contributed by atoms with van der Waals surface area (Å²) in [5.74, 6) is -0.655. The standard InChI is InChI=1S/C17H16N4O3S/c18-7-4-8-25-12-9-11(22)14-13(16(12)23)15(21-20-14)17(24)19-10-5-2-1-3-6-10/h1-3,5-6,9H,4,7-8,18H2,(H,19,24)(H,20,21). The second kappa shape index (κ2) is 7.45. The van der Waals surface area contributed by atoms with Crippen molar-refractivity contribution < 1.29 is 14.4 Å². The first-order chi connectivity index (χ1) is 12.1. The third kappa shape index (κ3) is 3.54. The molecule has 1 aromatic carbocycles. The number of fused-ring (bicyclic) bond motifs is 1. The summed E-state index contributed by atoms with van der Waals surface area (Å²) in [4.78, 5) is 37.7. The van der Waals surface area contributed by atoms with Crippen LogP contribution in [0.2, 0.25) is 0 Å². The van der Waals surface area contributed by atoms with Gasteiger partial charge in [0.1, 0.15) is 5.69 Å². The number of allylic oxidation sites excluding steroid dienone is 2. The van der Waals surface area contributed by atoms with Crippen molar-refractivity contribution >= 4 is 34.9 Å². The highest BCUT2D eigenvalue weighted by Crippen LogP contribution is 2.29. The first-order valence-corrected chi connectivity index (χ1v) is 8.68. The van der Waals surface area contributed by atoms with Gasteiger partial charge in [-0.1, -0.05) is 18.2 Å². The fraction of sp³-hybridized carbons (Fsp3) is 0.176. The van der Waals surface area contributed by atoms with Gasteiger partial charge in [0.25, 0.3) is 5.91 Å².